The molecular weight excluding hydrogens is 253 g/mol. The van der Waals surface area contributed by atoms with Gasteiger partial charge in [-0.2, -0.15) is 5.26 Å². The third kappa shape index (κ3) is 3.10. The summed E-state index contributed by atoms with van der Waals surface area (Å²) in [5, 5.41) is 12.0. The van der Waals surface area contributed by atoms with Crippen LogP contribution in [0.1, 0.15) is 43.4 Å². The molecule has 1 unspecified atom stereocenters. The molecule has 1 fully saturated rings. The Morgan fingerprint density at radius 1 is 1.50 bits per heavy atom. The van der Waals surface area contributed by atoms with E-state index < -0.39 is 0 Å². The third-order valence-corrected chi connectivity index (χ3v) is 3.97. The van der Waals surface area contributed by atoms with E-state index >= 15 is 0 Å². The van der Waals surface area contributed by atoms with Gasteiger partial charge < -0.3 is 10.2 Å². The molecule has 1 aromatic rings. The second kappa shape index (κ2) is 6.23. The van der Waals surface area contributed by atoms with Crippen LogP contribution in [0.25, 0.3) is 0 Å². The number of halogens is 1. The lowest BCUT2D eigenvalue weighted by Crippen LogP contribution is -2.29. The zero-order valence-corrected chi connectivity index (χ0v) is 12.4. The van der Waals surface area contributed by atoms with E-state index in [2.05, 4.69) is 16.3 Å². The number of hydrogen-bond donors (Lipinski definition) is 1. The molecule has 3 nitrogen and oxygen atoms in total. The molecule has 1 aromatic carbocycles. The summed E-state index contributed by atoms with van der Waals surface area (Å²) in [6.45, 7) is 4.54. The van der Waals surface area contributed by atoms with Crippen molar-refractivity contribution in [3.05, 3.63) is 29.1 Å². The molecule has 1 aliphatic rings. The maximum atomic E-state index is 13.9. The van der Waals surface area contributed by atoms with Gasteiger partial charge in [-0.3, -0.25) is 0 Å². The van der Waals surface area contributed by atoms with Gasteiger partial charge in [0.2, 0.25) is 0 Å². The van der Waals surface area contributed by atoms with Crippen molar-refractivity contribution in [3.8, 4) is 6.07 Å². The maximum Gasteiger partial charge on any atom is 0.126 e. The largest absolute Gasteiger partial charge is 0.367 e. The van der Waals surface area contributed by atoms with Crippen LogP contribution < -0.4 is 10.2 Å². The normalized spacial score (nSPS) is 15.8. The zero-order valence-electron chi connectivity index (χ0n) is 12.4. The van der Waals surface area contributed by atoms with Crippen LogP contribution in [0.4, 0.5) is 10.1 Å². The van der Waals surface area contributed by atoms with E-state index in [1.165, 1.54) is 0 Å². The standard InChI is InChI=1S/C16H22FN3/c1-11-9-16(14(10-15(11)17)12(2)19-3)20(8-4-7-18)13-5-6-13/h9-10,12-13,19H,4-6,8H2,1-3H3. The van der Waals surface area contributed by atoms with Crippen molar-refractivity contribution in [3.63, 3.8) is 0 Å². The first kappa shape index (κ1) is 14.8. The summed E-state index contributed by atoms with van der Waals surface area (Å²) in [6.07, 6.45) is 2.82. The molecule has 0 aromatic heterocycles. The number of nitriles is 1. The molecule has 4 heteroatoms. The maximum absolute atomic E-state index is 13.9. The van der Waals surface area contributed by atoms with E-state index in [0.717, 1.165) is 30.6 Å². The van der Waals surface area contributed by atoms with Crippen molar-refractivity contribution < 1.29 is 4.39 Å². The fraction of sp³-hybridized carbons (Fsp3) is 0.562. The van der Waals surface area contributed by atoms with Crippen LogP contribution in [0, 0.1) is 24.1 Å². The summed E-state index contributed by atoms with van der Waals surface area (Å²) in [5.74, 6) is -0.165. The number of aryl methyl sites for hydroxylation is 1. The van der Waals surface area contributed by atoms with Gasteiger partial charge in [-0.05, 0) is 57.0 Å². The number of anilines is 1. The Balaban J connectivity index is 2.41. The first-order chi connectivity index (χ1) is 9.58. The molecule has 108 valence electrons. The van der Waals surface area contributed by atoms with Crippen molar-refractivity contribution in [2.24, 2.45) is 0 Å². The molecule has 0 amide bonds. The van der Waals surface area contributed by atoms with Gasteiger partial charge in [-0.1, -0.05) is 0 Å². The van der Waals surface area contributed by atoms with Crippen LogP contribution in [0.5, 0.6) is 0 Å². The van der Waals surface area contributed by atoms with Crippen molar-refractivity contribution in [1.29, 1.82) is 5.26 Å². The quantitative estimate of drug-likeness (QED) is 0.866. The summed E-state index contributed by atoms with van der Waals surface area (Å²) < 4.78 is 13.9. The summed E-state index contributed by atoms with van der Waals surface area (Å²) >= 11 is 0. The van der Waals surface area contributed by atoms with Gasteiger partial charge >= 0.3 is 0 Å². The molecule has 1 N–H and O–H groups in total. The minimum Gasteiger partial charge on any atom is -0.367 e. The number of nitrogens with zero attached hydrogens (tertiary/aromatic N) is 2. The topological polar surface area (TPSA) is 39.1 Å². The summed E-state index contributed by atoms with van der Waals surface area (Å²) in [4.78, 5) is 2.28. The first-order valence-corrected chi connectivity index (χ1v) is 7.19. The van der Waals surface area contributed by atoms with Gasteiger partial charge in [0.05, 0.1) is 12.5 Å². The van der Waals surface area contributed by atoms with E-state index in [9.17, 15) is 4.39 Å². The molecule has 20 heavy (non-hydrogen) atoms. The molecule has 0 heterocycles. The van der Waals surface area contributed by atoms with Gasteiger partial charge in [0.25, 0.3) is 0 Å². The Labute approximate surface area is 120 Å². The summed E-state index contributed by atoms with van der Waals surface area (Å²) in [7, 11) is 1.88. The van der Waals surface area contributed by atoms with Gasteiger partial charge in [0, 0.05) is 24.3 Å². The minimum absolute atomic E-state index is 0.0865. The zero-order chi connectivity index (χ0) is 14.7. The molecule has 0 aliphatic heterocycles. The van der Waals surface area contributed by atoms with E-state index in [0.29, 0.717) is 18.0 Å². The molecule has 2 rings (SSSR count). The monoisotopic (exact) mass is 275 g/mol. The van der Waals surface area contributed by atoms with Crippen molar-refractivity contribution in [2.45, 2.75) is 45.2 Å². The van der Waals surface area contributed by atoms with Gasteiger partial charge in [0.15, 0.2) is 0 Å². The Kier molecular flexibility index (Phi) is 4.61. The van der Waals surface area contributed by atoms with E-state index in [4.69, 9.17) is 5.26 Å². The Morgan fingerprint density at radius 3 is 2.75 bits per heavy atom. The SMILES string of the molecule is CNC(C)c1cc(F)c(C)cc1N(CCC#N)C1CC1. The molecule has 0 radical (unpaired) electrons. The second-order valence-electron chi connectivity index (χ2n) is 5.50. The van der Waals surface area contributed by atoms with Crippen LogP contribution in [0.2, 0.25) is 0 Å². The fourth-order valence-corrected chi connectivity index (χ4v) is 2.49. The lowest BCUT2D eigenvalue weighted by molar-refractivity contribution is 0.598. The number of nitrogens with one attached hydrogen (secondary N) is 1. The lowest BCUT2D eigenvalue weighted by atomic mass is 10.0. The predicted molar refractivity (Wildman–Crippen MR) is 79.2 cm³/mol. The summed E-state index contributed by atoms with van der Waals surface area (Å²) in [6, 6.07) is 6.36. The van der Waals surface area contributed by atoms with E-state index in [1.807, 2.05) is 20.0 Å². The molecule has 1 atom stereocenters. The van der Waals surface area contributed by atoms with Crippen LogP contribution in [0.15, 0.2) is 12.1 Å². The molecule has 0 spiro atoms. The van der Waals surface area contributed by atoms with Crippen LogP contribution in [-0.4, -0.2) is 19.6 Å². The van der Waals surface area contributed by atoms with Crippen LogP contribution in [0.3, 0.4) is 0 Å². The fourth-order valence-electron chi connectivity index (χ4n) is 2.49. The van der Waals surface area contributed by atoms with Crippen molar-refractivity contribution >= 4 is 5.69 Å². The number of benzene rings is 1. The van der Waals surface area contributed by atoms with Crippen molar-refractivity contribution in [2.75, 3.05) is 18.5 Å². The average Bonchev–Trinajstić information content (AvgIpc) is 3.26. The first-order valence-electron chi connectivity index (χ1n) is 7.19. The molecule has 0 bridgehead atoms. The average molecular weight is 275 g/mol. The highest BCUT2D eigenvalue weighted by Crippen LogP contribution is 2.37. The third-order valence-electron chi connectivity index (χ3n) is 3.97. The summed E-state index contributed by atoms with van der Waals surface area (Å²) in [5.41, 5.74) is 2.71. The lowest BCUT2D eigenvalue weighted by Gasteiger charge is -2.29. The molecule has 1 saturated carbocycles. The molecular formula is C16H22FN3. The van der Waals surface area contributed by atoms with Crippen LogP contribution in [-0.2, 0) is 0 Å². The molecule has 1 aliphatic carbocycles. The Morgan fingerprint density at radius 2 is 2.20 bits per heavy atom. The predicted octanol–water partition coefficient (Wildman–Crippen LogP) is 3.30. The second-order valence-corrected chi connectivity index (χ2v) is 5.50. The highest BCUT2D eigenvalue weighted by molar-refractivity contribution is 5.58. The Hall–Kier alpha value is -1.60. The van der Waals surface area contributed by atoms with Gasteiger partial charge in [-0.25, -0.2) is 4.39 Å². The smallest absolute Gasteiger partial charge is 0.126 e. The molecule has 0 saturated heterocycles. The van der Waals surface area contributed by atoms with E-state index in [-0.39, 0.29) is 11.9 Å². The minimum atomic E-state index is -0.165. The van der Waals surface area contributed by atoms with Crippen molar-refractivity contribution in [1.82, 2.24) is 5.32 Å². The van der Waals surface area contributed by atoms with Gasteiger partial charge in [0.1, 0.15) is 5.82 Å². The highest BCUT2D eigenvalue weighted by atomic mass is 19.1. The van der Waals surface area contributed by atoms with Crippen LogP contribution >= 0.6 is 0 Å². The van der Waals surface area contributed by atoms with E-state index in [1.54, 1.807) is 13.0 Å². The number of rotatable bonds is 6. The number of hydrogen-bond acceptors (Lipinski definition) is 3. The Bertz CT molecular complexity index is 517. The highest BCUT2D eigenvalue weighted by Gasteiger charge is 2.31. The van der Waals surface area contributed by atoms with Gasteiger partial charge in [-0.15, -0.1) is 0 Å².